The standard InChI is InChI=1S/C16H28N4O5S2/c1-19(2)27(24,25)18-15-5-7-16(8-6-15)26(22,23)17-9-11-20-10-3-4-14(12-20)13-21/h5-8,14,17-18,21H,3-4,9-13H2,1-2H3/t14-/m1/s1. The summed E-state index contributed by atoms with van der Waals surface area (Å²) in [5, 5.41) is 9.25. The van der Waals surface area contributed by atoms with Gasteiger partial charge in [-0.3, -0.25) is 4.72 Å². The van der Waals surface area contributed by atoms with E-state index < -0.39 is 20.2 Å². The van der Waals surface area contributed by atoms with E-state index >= 15 is 0 Å². The highest BCUT2D eigenvalue weighted by molar-refractivity contribution is 7.90. The monoisotopic (exact) mass is 420 g/mol. The number of hydrogen-bond acceptors (Lipinski definition) is 6. The minimum Gasteiger partial charge on any atom is -0.396 e. The Morgan fingerprint density at radius 2 is 1.85 bits per heavy atom. The summed E-state index contributed by atoms with van der Waals surface area (Å²) >= 11 is 0. The van der Waals surface area contributed by atoms with Crippen LogP contribution in [-0.2, 0) is 20.2 Å². The molecule has 0 amide bonds. The van der Waals surface area contributed by atoms with E-state index in [0.717, 1.165) is 30.2 Å². The first-order valence-electron chi connectivity index (χ1n) is 8.77. The minimum atomic E-state index is -3.67. The third kappa shape index (κ3) is 6.40. The molecule has 2 rings (SSSR count). The summed E-state index contributed by atoms with van der Waals surface area (Å²) in [5.41, 5.74) is 0.283. The number of nitrogens with one attached hydrogen (secondary N) is 2. The largest absolute Gasteiger partial charge is 0.396 e. The molecule has 1 aliphatic rings. The maximum absolute atomic E-state index is 12.4. The average molecular weight is 421 g/mol. The minimum absolute atomic E-state index is 0.0715. The Kier molecular flexibility index (Phi) is 7.60. The van der Waals surface area contributed by atoms with E-state index in [2.05, 4.69) is 14.3 Å². The summed E-state index contributed by atoms with van der Waals surface area (Å²) in [4.78, 5) is 2.22. The van der Waals surface area contributed by atoms with Gasteiger partial charge in [0, 0.05) is 46.0 Å². The number of sulfonamides is 1. The predicted molar refractivity (Wildman–Crippen MR) is 104 cm³/mol. The summed E-state index contributed by atoms with van der Waals surface area (Å²) in [6.45, 7) is 2.69. The molecule has 1 fully saturated rings. The van der Waals surface area contributed by atoms with Gasteiger partial charge in [-0.05, 0) is 49.6 Å². The second-order valence-corrected chi connectivity index (χ2v) is 10.5. The van der Waals surface area contributed by atoms with Crippen molar-refractivity contribution in [3.05, 3.63) is 24.3 Å². The number of piperidine rings is 1. The third-order valence-corrected chi connectivity index (χ3v) is 7.41. The number of likely N-dealkylation sites (tertiary alicyclic amines) is 1. The van der Waals surface area contributed by atoms with Crippen molar-refractivity contribution in [3.8, 4) is 0 Å². The molecule has 1 heterocycles. The summed E-state index contributed by atoms with van der Waals surface area (Å²) in [5.74, 6) is 0.258. The van der Waals surface area contributed by atoms with Crippen LogP contribution in [0.2, 0.25) is 0 Å². The molecule has 1 saturated heterocycles. The smallest absolute Gasteiger partial charge is 0.301 e. The molecule has 0 radical (unpaired) electrons. The van der Waals surface area contributed by atoms with Crippen LogP contribution in [0.3, 0.4) is 0 Å². The molecule has 1 atom stereocenters. The summed E-state index contributed by atoms with van der Waals surface area (Å²) in [7, 11) is -4.51. The van der Waals surface area contributed by atoms with E-state index in [9.17, 15) is 21.9 Å². The van der Waals surface area contributed by atoms with Gasteiger partial charge in [0.05, 0.1) is 4.90 Å². The average Bonchev–Trinajstić information content (AvgIpc) is 2.62. The second kappa shape index (κ2) is 9.30. The zero-order valence-corrected chi connectivity index (χ0v) is 17.3. The molecular weight excluding hydrogens is 392 g/mol. The molecule has 0 aromatic heterocycles. The van der Waals surface area contributed by atoms with Gasteiger partial charge in [-0.1, -0.05) is 0 Å². The van der Waals surface area contributed by atoms with Crippen molar-refractivity contribution >= 4 is 25.9 Å². The zero-order chi connectivity index (χ0) is 20.1. The Hall–Kier alpha value is -1.24. The van der Waals surface area contributed by atoms with Crippen LogP contribution in [-0.4, -0.2) is 78.0 Å². The Morgan fingerprint density at radius 3 is 2.44 bits per heavy atom. The van der Waals surface area contributed by atoms with Crippen molar-refractivity contribution < 1.29 is 21.9 Å². The predicted octanol–water partition coefficient (Wildman–Crippen LogP) is -0.112. The summed E-state index contributed by atoms with van der Waals surface area (Å²) < 4.78 is 54.3. The Balaban J connectivity index is 1.90. The van der Waals surface area contributed by atoms with Gasteiger partial charge < -0.3 is 10.0 Å². The molecule has 1 aromatic carbocycles. The van der Waals surface area contributed by atoms with Crippen molar-refractivity contribution in [2.45, 2.75) is 17.7 Å². The number of aliphatic hydroxyl groups is 1. The van der Waals surface area contributed by atoms with E-state index in [1.54, 1.807) is 0 Å². The van der Waals surface area contributed by atoms with Gasteiger partial charge in [0.15, 0.2) is 0 Å². The number of rotatable bonds is 9. The van der Waals surface area contributed by atoms with Crippen LogP contribution in [0.1, 0.15) is 12.8 Å². The van der Waals surface area contributed by atoms with Gasteiger partial charge in [-0.15, -0.1) is 0 Å². The van der Waals surface area contributed by atoms with Crippen molar-refractivity contribution in [1.82, 2.24) is 13.9 Å². The molecule has 1 aliphatic heterocycles. The van der Waals surface area contributed by atoms with E-state index in [0.29, 0.717) is 6.54 Å². The van der Waals surface area contributed by atoms with Crippen LogP contribution in [0.5, 0.6) is 0 Å². The van der Waals surface area contributed by atoms with Gasteiger partial charge in [0.25, 0.3) is 0 Å². The molecule has 0 aliphatic carbocycles. The lowest BCUT2D eigenvalue weighted by atomic mass is 9.99. The fraction of sp³-hybridized carbons (Fsp3) is 0.625. The first-order chi connectivity index (χ1) is 12.6. The highest BCUT2D eigenvalue weighted by atomic mass is 32.2. The van der Waals surface area contributed by atoms with E-state index in [1.165, 1.54) is 38.4 Å². The third-order valence-electron chi connectivity index (χ3n) is 4.47. The SMILES string of the molecule is CN(C)S(=O)(=O)Nc1ccc(S(=O)(=O)NCCN2CCC[C@@H](CO)C2)cc1. The molecule has 27 heavy (non-hydrogen) atoms. The fourth-order valence-electron chi connectivity index (χ4n) is 2.87. The Bertz CT molecular complexity index is 810. The number of nitrogens with zero attached hydrogens (tertiary/aromatic N) is 2. The van der Waals surface area contributed by atoms with Crippen LogP contribution in [0.4, 0.5) is 5.69 Å². The lowest BCUT2D eigenvalue weighted by Crippen LogP contribution is -2.41. The fourth-order valence-corrected chi connectivity index (χ4v) is 4.50. The van der Waals surface area contributed by atoms with Crippen LogP contribution >= 0.6 is 0 Å². The van der Waals surface area contributed by atoms with Crippen LogP contribution in [0.25, 0.3) is 0 Å². The van der Waals surface area contributed by atoms with Crippen LogP contribution < -0.4 is 9.44 Å². The normalized spacial score (nSPS) is 19.3. The molecule has 0 spiro atoms. The van der Waals surface area contributed by atoms with Gasteiger partial charge in [0.2, 0.25) is 10.0 Å². The number of hydrogen-bond donors (Lipinski definition) is 3. The Labute approximate surface area is 161 Å². The first-order valence-corrected chi connectivity index (χ1v) is 11.7. The summed E-state index contributed by atoms with van der Waals surface area (Å²) in [6, 6.07) is 5.54. The maximum Gasteiger partial charge on any atom is 0.301 e. The Morgan fingerprint density at radius 1 is 1.19 bits per heavy atom. The molecule has 11 heteroatoms. The molecular formula is C16H28N4O5S2. The van der Waals surface area contributed by atoms with E-state index in [1.807, 2.05) is 0 Å². The van der Waals surface area contributed by atoms with Crippen LogP contribution in [0, 0.1) is 5.92 Å². The molecule has 1 aromatic rings. The van der Waals surface area contributed by atoms with Crippen LogP contribution in [0.15, 0.2) is 29.2 Å². The lowest BCUT2D eigenvalue weighted by Gasteiger charge is -2.31. The quantitative estimate of drug-likeness (QED) is 0.513. The lowest BCUT2D eigenvalue weighted by molar-refractivity contribution is 0.122. The highest BCUT2D eigenvalue weighted by Gasteiger charge is 2.20. The summed E-state index contributed by atoms with van der Waals surface area (Å²) in [6.07, 6.45) is 2.00. The molecule has 0 saturated carbocycles. The molecule has 0 bridgehead atoms. The van der Waals surface area contributed by atoms with Gasteiger partial charge in [-0.2, -0.15) is 12.7 Å². The van der Waals surface area contributed by atoms with Gasteiger partial charge in [0.1, 0.15) is 0 Å². The number of anilines is 1. The topological polar surface area (TPSA) is 119 Å². The van der Waals surface area contributed by atoms with E-state index in [-0.39, 0.29) is 29.7 Å². The van der Waals surface area contributed by atoms with Crippen molar-refractivity contribution in [2.24, 2.45) is 5.92 Å². The zero-order valence-electron chi connectivity index (χ0n) is 15.6. The van der Waals surface area contributed by atoms with Crippen molar-refractivity contribution in [1.29, 1.82) is 0 Å². The van der Waals surface area contributed by atoms with Gasteiger partial charge >= 0.3 is 10.2 Å². The van der Waals surface area contributed by atoms with Crippen molar-refractivity contribution in [2.75, 3.05) is 51.6 Å². The van der Waals surface area contributed by atoms with E-state index in [4.69, 9.17) is 0 Å². The second-order valence-electron chi connectivity index (χ2n) is 6.80. The van der Waals surface area contributed by atoms with Gasteiger partial charge in [-0.25, -0.2) is 13.1 Å². The molecule has 9 nitrogen and oxygen atoms in total. The molecule has 0 unspecified atom stereocenters. The number of benzene rings is 1. The highest BCUT2D eigenvalue weighted by Crippen LogP contribution is 2.17. The number of aliphatic hydroxyl groups excluding tert-OH is 1. The van der Waals surface area contributed by atoms with Crippen molar-refractivity contribution in [3.63, 3.8) is 0 Å². The maximum atomic E-state index is 12.4. The molecule has 3 N–H and O–H groups in total. The first kappa shape index (κ1) is 22.1. The molecule has 154 valence electrons.